The van der Waals surface area contributed by atoms with Crippen molar-refractivity contribution in [1.29, 1.82) is 0 Å². The zero-order valence-corrected chi connectivity index (χ0v) is 13.3. The number of nitrogens with zero attached hydrogens (tertiary/aromatic N) is 2. The van der Waals surface area contributed by atoms with Crippen LogP contribution in [0.2, 0.25) is 0 Å². The van der Waals surface area contributed by atoms with Gasteiger partial charge in [0.05, 0.1) is 12.8 Å². The Morgan fingerprint density at radius 1 is 1.45 bits per heavy atom. The third-order valence-corrected chi connectivity index (χ3v) is 4.27. The van der Waals surface area contributed by atoms with Gasteiger partial charge in [0, 0.05) is 31.2 Å². The molecule has 3 rings (SSSR count). The molecule has 0 unspecified atom stereocenters. The highest BCUT2D eigenvalue weighted by Crippen LogP contribution is 2.24. The first-order chi connectivity index (χ1) is 10.6. The molecule has 2 atom stereocenters. The number of aromatic nitrogens is 2. The largest absolute Gasteiger partial charge is 0.494 e. The molecule has 1 aromatic heterocycles. The average Bonchev–Trinajstić information content (AvgIpc) is 2.87. The number of aryl methyl sites for hydroxylation is 2. The first-order valence-corrected chi connectivity index (χ1v) is 7.69. The molecule has 2 aromatic rings. The lowest BCUT2D eigenvalue weighted by molar-refractivity contribution is 0.349. The number of benzene rings is 1. The predicted molar refractivity (Wildman–Crippen MR) is 83.6 cm³/mol. The Balaban J connectivity index is 1.68. The molecule has 0 bridgehead atoms. The summed E-state index contributed by atoms with van der Waals surface area (Å²) in [5.74, 6) is 1.14. The normalized spacial score (nSPS) is 18.8. The topological polar surface area (TPSA) is 39.1 Å². The molecular formula is C17H22FN3O. The van der Waals surface area contributed by atoms with Gasteiger partial charge in [0.1, 0.15) is 5.82 Å². The van der Waals surface area contributed by atoms with Gasteiger partial charge in [-0.2, -0.15) is 0 Å². The second kappa shape index (κ2) is 6.08. The van der Waals surface area contributed by atoms with E-state index in [-0.39, 0.29) is 11.9 Å². The molecule has 0 aliphatic carbocycles. The van der Waals surface area contributed by atoms with Gasteiger partial charge < -0.3 is 14.6 Å². The number of hydrogen-bond acceptors (Lipinski definition) is 3. The van der Waals surface area contributed by atoms with Gasteiger partial charge in [-0.3, -0.25) is 0 Å². The minimum Gasteiger partial charge on any atom is -0.494 e. The average molecular weight is 303 g/mol. The van der Waals surface area contributed by atoms with E-state index in [0.717, 1.165) is 30.6 Å². The van der Waals surface area contributed by atoms with Crippen molar-refractivity contribution in [3.63, 3.8) is 0 Å². The summed E-state index contributed by atoms with van der Waals surface area (Å²) in [5.41, 5.74) is 2.11. The Hall–Kier alpha value is -1.88. The van der Waals surface area contributed by atoms with Crippen LogP contribution in [0.4, 0.5) is 4.39 Å². The van der Waals surface area contributed by atoms with Crippen molar-refractivity contribution in [3.8, 4) is 5.75 Å². The van der Waals surface area contributed by atoms with Gasteiger partial charge >= 0.3 is 0 Å². The monoisotopic (exact) mass is 303 g/mol. The fourth-order valence-corrected chi connectivity index (χ4v) is 3.12. The molecule has 1 aliphatic heterocycles. The summed E-state index contributed by atoms with van der Waals surface area (Å²) in [7, 11) is 1.49. The number of ether oxygens (including phenoxy) is 1. The SMILES string of the molecule is COc1cc([C@H](C)N[C@@H]2CCc3nc(C)cn3C2)ccc1F. The van der Waals surface area contributed by atoms with Crippen LogP contribution in [0, 0.1) is 12.7 Å². The molecule has 0 fully saturated rings. The molecule has 22 heavy (non-hydrogen) atoms. The van der Waals surface area contributed by atoms with Crippen molar-refractivity contribution in [2.45, 2.75) is 45.3 Å². The van der Waals surface area contributed by atoms with E-state index >= 15 is 0 Å². The molecule has 0 saturated heterocycles. The third kappa shape index (κ3) is 2.99. The molecule has 118 valence electrons. The van der Waals surface area contributed by atoms with Gasteiger partial charge in [-0.1, -0.05) is 6.07 Å². The van der Waals surface area contributed by atoms with Gasteiger partial charge in [-0.25, -0.2) is 9.37 Å². The van der Waals surface area contributed by atoms with Crippen LogP contribution < -0.4 is 10.1 Å². The molecule has 2 heterocycles. The minimum atomic E-state index is -0.324. The van der Waals surface area contributed by atoms with Crippen LogP contribution in [0.15, 0.2) is 24.4 Å². The summed E-state index contributed by atoms with van der Waals surface area (Å²) in [6.45, 7) is 5.06. The second-order valence-electron chi connectivity index (χ2n) is 5.97. The smallest absolute Gasteiger partial charge is 0.165 e. The first kappa shape index (κ1) is 15.0. The zero-order valence-electron chi connectivity index (χ0n) is 13.3. The number of imidazole rings is 1. The van der Waals surface area contributed by atoms with Crippen LogP contribution in [0.5, 0.6) is 5.75 Å². The molecule has 5 heteroatoms. The lowest BCUT2D eigenvalue weighted by atomic mass is 10.0. The molecule has 4 nitrogen and oxygen atoms in total. The Kier molecular flexibility index (Phi) is 4.16. The van der Waals surface area contributed by atoms with E-state index in [1.165, 1.54) is 19.0 Å². The first-order valence-electron chi connectivity index (χ1n) is 7.69. The highest BCUT2D eigenvalue weighted by atomic mass is 19.1. The zero-order chi connectivity index (χ0) is 15.7. The van der Waals surface area contributed by atoms with Crippen LogP contribution in [0.3, 0.4) is 0 Å². The quantitative estimate of drug-likeness (QED) is 0.943. The third-order valence-electron chi connectivity index (χ3n) is 4.27. The Morgan fingerprint density at radius 3 is 3.05 bits per heavy atom. The summed E-state index contributed by atoms with van der Waals surface area (Å²) < 4.78 is 20.8. The van der Waals surface area contributed by atoms with Crippen molar-refractivity contribution in [1.82, 2.24) is 14.9 Å². The van der Waals surface area contributed by atoms with Gasteiger partial charge in [-0.15, -0.1) is 0 Å². The second-order valence-corrected chi connectivity index (χ2v) is 5.97. The lowest BCUT2D eigenvalue weighted by Gasteiger charge is -2.28. The van der Waals surface area contributed by atoms with E-state index in [0.29, 0.717) is 11.8 Å². The van der Waals surface area contributed by atoms with Crippen molar-refractivity contribution in [2.24, 2.45) is 0 Å². The Labute approximate surface area is 130 Å². The van der Waals surface area contributed by atoms with E-state index < -0.39 is 0 Å². The molecule has 0 saturated carbocycles. The van der Waals surface area contributed by atoms with Crippen molar-refractivity contribution < 1.29 is 9.13 Å². The molecule has 1 aliphatic rings. The number of hydrogen-bond donors (Lipinski definition) is 1. The number of methoxy groups -OCH3 is 1. The Bertz CT molecular complexity index is 668. The molecular weight excluding hydrogens is 281 g/mol. The standard InChI is InChI=1S/C17H22FN3O/c1-11-9-21-10-14(5-7-17(21)19-11)20-12(2)13-4-6-15(18)16(8-13)22-3/h4,6,8-9,12,14,20H,5,7,10H2,1-3H3/t12-,14+/m0/s1. The highest BCUT2D eigenvalue weighted by molar-refractivity contribution is 5.32. The molecule has 1 N–H and O–H groups in total. The summed E-state index contributed by atoms with van der Waals surface area (Å²) >= 11 is 0. The highest BCUT2D eigenvalue weighted by Gasteiger charge is 2.21. The van der Waals surface area contributed by atoms with Crippen LogP contribution >= 0.6 is 0 Å². The maximum absolute atomic E-state index is 13.5. The fraction of sp³-hybridized carbons (Fsp3) is 0.471. The van der Waals surface area contributed by atoms with Gasteiger partial charge in [-0.05, 0) is 38.0 Å². The Morgan fingerprint density at radius 2 is 2.27 bits per heavy atom. The number of nitrogens with one attached hydrogen (secondary N) is 1. The van der Waals surface area contributed by atoms with Crippen LogP contribution in [0.25, 0.3) is 0 Å². The molecule has 0 radical (unpaired) electrons. The summed E-state index contributed by atoms with van der Waals surface area (Å²) in [6, 6.07) is 5.58. The summed E-state index contributed by atoms with van der Waals surface area (Å²) in [5, 5.41) is 3.63. The van der Waals surface area contributed by atoms with Crippen LogP contribution in [0.1, 0.15) is 36.5 Å². The molecule has 0 spiro atoms. The number of fused-ring (bicyclic) bond motifs is 1. The van der Waals surface area contributed by atoms with E-state index in [2.05, 4.69) is 28.0 Å². The van der Waals surface area contributed by atoms with E-state index in [9.17, 15) is 4.39 Å². The lowest BCUT2D eigenvalue weighted by Crippen LogP contribution is -2.38. The van der Waals surface area contributed by atoms with Gasteiger partial charge in [0.15, 0.2) is 11.6 Å². The maximum atomic E-state index is 13.5. The molecule has 0 amide bonds. The summed E-state index contributed by atoms with van der Waals surface area (Å²) in [4.78, 5) is 4.53. The predicted octanol–water partition coefficient (Wildman–Crippen LogP) is 3.00. The van der Waals surface area contributed by atoms with Crippen LogP contribution in [-0.4, -0.2) is 22.7 Å². The van der Waals surface area contributed by atoms with E-state index in [1.807, 2.05) is 13.0 Å². The summed E-state index contributed by atoms with van der Waals surface area (Å²) in [6.07, 6.45) is 4.17. The van der Waals surface area contributed by atoms with E-state index in [1.54, 1.807) is 6.07 Å². The number of halogens is 1. The van der Waals surface area contributed by atoms with E-state index in [4.69, 9.17) is 4.74 Å². The molecule has 1 aromatic carbocycles. The van der Waals surface area contributed by atoms with Crippen molar-refractivity contribution in [2.75, 3.05) is 7.11 Å². The maximum Gasteiger partial charge on any atom is 0.165 e. The number of rotatable bonds is 4. The van der Waals surface area contributed by atoms with Gasteiger partial charge in [0.25, 0.3) is 0 Å². The van der Waals surface area contributed by atoms with Crippen LogP contribution in [-0.2, 0) is 13.0 Å². The van der Waals surface area contributed by atoms with Gasteiger partial charge in [0.2, 0.25) is 0 Å². The fourth-order valence-electron chi connectivity index (χ4n) is 3.12. The van der Waals surface area contributed by atoms with Crippen molar-refractivity contribution >= 4 is 0 Å². The minimum absolute atomic E-state index is 0.144. The van der Waals surface area contributed by atoms with Crippen molar-refractivity contribution in [3.05, 3.63) is 47.3 Å².